The Kier molecular flexibility index (Phi) is 7.02. The van der Waals surface area contributed by atoms with Gasteiger partial charge in [-0.15, -0.1) is 0 Å². The molecule has 1 amide bonds. The maximum absolute atomic E-state index is 12.1. The molecule has 0 aliphatic carbocycles. The fraction of sp³-hybridized carbons (Fsp3) is 0.300. The Labute approximate surface area is 153 Å². The summed E-state index contributed by atoms with van der Waals surface area (Å²) in [6.07, 6.45) is -0.836. The SMILES string of the molecule is COc1ccc(NC(=O)[C@@H](C)OC(=O)CCOc2ccccc2C)cc1. The van der Waals surface area contributed by atoms with Crippen LogP contribution in [0.4, 0.5) is 5.69 Å². The highest BCUT2D eigenvalue weighted by Gasteiger charge is 2.18. The molecule has 0 spiro atoms. The second-order valence-electron chi connectivity index (χ2n) is 5.71. The van der Waals surface area contributed by atoms with Gasteiger partial charge in [0.1, 0.15) is 11.5 Å². The molecule has 6 heteroatoms. The van der Waals surface area contributed by atoms with Crippen LogP contribution in [0, 0.1) is 6.92 Å². The molecule has 2 aromatic rings. The first kappa shape index (κ1) is 19.3. The number of nitrogens with one attached hydrogen (secondary N) is 1. The van der Waals surface area contributed by atoms with Gasteiger partial charge in [0.25, 0.3) is 5.91 Å². The Bertz CT molecular complexity index is 742. The van der Waals surface area contributed by atoms with Crippen molar-refractivity contribution in [1.82, 2.24) is 0 Å². The lowest BCUT2D eigenvalue weighted by molar-refractivity contribution is -0.153. The summed E-state index contributed by atoms with van der Waals surface area (Å²) in [5, 5.41) is 2.68. The van der Waals surface area contributed by atoms with Crippen molar-refractivity contribution in [1.29, 1.82) is 0 Å². The van der Waals surface area contributed by atoms with E-state index < -0.39 is 18.0 Å². The Hall–Kier alpha value is -3.02. The van der Waals surface area contributed by atoms with Gasteiger partial charge in [-0.05, 0) is 49.7 Å². The molecule has 0 aliphatic rings. The monoisotopic (exact) mass is 357 g/mol. The number of hydrogen-bond acceptors (Lipinski definition) is 5. The highest BCUT2D eigenvalue weighted by molar-refractivity contribution is 5.95. The van der Waals surface area contributed by atoms with Gasteiger partial charge in [0.2, 0.25) is 0 Å². The van der Waals surface area contributed by atoms with E-state index in [1.54, 1.807) is 31.4 Å². The van der Waals surface area contributed by atoms with Crippen LogP contribution >= 0.6 is 0 Å². The lowest BCUT2D eigenvalue weighted by Gasteiger charge is -2.14. The molecule has 2 rings (SSSR count). The first-order valence-corrected chi connectivity index (χ1v) is 8.32. The van der Waals surface area contributed by atoms with Crippen LogP contribution in [-0.4, -0.2) is 31.7 Å². The zero-order chi connectivity index (χ0) is 18.9. The number of hydrogen-bond donors (Lipinski definition) is 1. The third-order valence-corrected chi connectivity index (χ3v) is 3.69. The van der Waals surface area contributed by atoms with Crippen LogP contribution in [0.2, 0.25) is 0 Å². The predicted molar refractivity (Wildman–Crippen MR) is 98.5 cm³/mol. The largest absolute Gasteiger partial charge is 0.497 e. The van der Waals surface area contributed by atoms with Crippen molar-refractivity contribution in [2.24, 2.45) is 0 Å². The average Bonchev–Trinajstić information content (AvgIpc) is 2.64. The second kappa shape index (κ2) is 9.46. The van der Waals surface area contributed by atoms with Crippen molar-refractivity contribution >= 4 is 17.6 Å². The molecular formula is C20H23NO5. The third-order valence-electron chi connectivity index (χ3n) is 3.69. The summed E-state index contributed by atoms with van der Waals surface area (Å²) in [4.78, 5) is 24.0. The van der Waals surface area contributed by atoms with E-state index in [-0.39, 0.29) is 13.0 Å². The molecule has 26 heavy (non-hydrogen) atoms. The smallest absolute Gasteiger partial charge is 0.310 e. The zero-order valence-corrected chi connectivity index (χ0v) is 15.2. The van der Waals surface area contributed by atoms with E-state index in [4.69, 9.17) is 14.2 Å². The Morgan fingerprint density at radius 1 is 1.08 bits per heavy atom. The summed E-state index contributed by atoms with van der Waals surface area (Å²) < 4.78 is 15.8. The molecule has 0 bridgehead atoms. The molecule has 1 N–H and O–H groups in total. The molecule has 0 aliphatic heterocycles. The van der Waals surface area contributed by atoms with Gasteiger partial charge in [-0.2, -0.15) is 0 Å². The van der Waals surface area contributed by atoms with Gasteiger partial charge in [-0.1, -0.05) is 18.2 Å². The van der Waals surface area contributed by atoms with Gasteiger partial charge >= 0.3 is 5.97 Å². The van der Waals surface area contributed by atoms with Crippen LogP contribution in [0.15, 0.2) is 48.5 Å². The summed E-state index contributed by atoms with van der Waals surface area (Å²) in [5.74, 6) is 0.529. The molecular weight excluding hydrogens is 334 g/mol. The molecule has 0 fully saturated rings. The van der Waals surface area contributed by atoms with Crippen LogP contribution < -0.4 is 14.8 Å². The quantitative estimate of drug-likeness (QED) is 0.734. The zero-order valence-electron chi connectivity index (χ0n) is 15.2. The van der Waals surface area contributed by atoms with Crippen LogP contribution in [0.1, 0.15) is 18.9 Å². The number of rotatable bonds is 8. The van der Waals surface area contributed by atoms with Crippen molar-refractivity contribution in [3.05, 3.63) is 54.1 Å². The summed E-state index contributed by atoms with van der Waals surface area (Å²) in [5.41, 5.74) is 1.59. The summed E-state index contributed by atoms with van der Waals surface area (Å²) in [7, 11) is 1.57. The summed E-state index contributed by atoms with van der Waals surface area (Å²) >= 11 is 0. The van der Waals surface area contributed by atoms with Gasteiger partial charge in [0.05, 0.1) is 20.1 Å². The fourth-order valence-electron chi connectivity index (χ4n) is 2.19. The molecule has 0 unspecified atom stereocenters. The van der Waals surface area contributed by atoms with Gasteiger partial charge in [0, 0.05) is 5.69 Å². The van der Waals surface area contributed by atoms with Gasteiger partial charge < -0.3 is 19.5 Å². The lowest BCUT2D eigenvalue weighted by atomic mass is 10.2. The summed E-state index contributed by atoms with van der Waals surface area (Å²) in [6, 6.07) is 14.4. The van der Waals surface area contributed by atoms with Crippen LogP contribution in [0.25, 0.3) is 0 Å². The minimum absolute atomic E-state index is 0.0640. The number of ether oxygens (including phenoxy) is 3. The molecule has 0 heterocycles. The number of aryl methyl sites for hydroxylation is 1. The number of amides is 1. The number of methoxy groups -OCH3 is 1. The average molecular weight is 357 g/mol. The topological polar surface area (TPSA) is 73.9 Å². The van der Waals surface area contributed by atoms with Crippen LogP contribution in [-0.2, 0) is 14.3 Å². The predicted octanol–water partition coefficient (Wildman–Crippen LogP) is 3.34. The molecule has 2 aromatic carbocycles. The standard InChI is InChI=1S/C20H23NO5/c1-14-6-4-5-7-18(14)25-13-12-19(22)26-15(2)20(23)21-16-8-10-17(24-3)11-9-16/h4-11,15H,12-13H2,1-3H3,(H,21,23)/t15-/m1/s1. The third kappa shape index (κ3) is 5.81. The summed E-state index contributed by atoms with van der Waals surface area (Å²) in [6.45, 7) is 3.65. The molecule has 0 aromatic heterocycles. The molecule has 0 saturated heterocycles. The van der Waals surface area contributed by atoms with Gasteiger partial charge in [0.15, 0.2) is 6.10 Å². The molecule has 138 valence electrons. The van der Waals surface area contributed by atoms with E-state index in [0.717, 1.165) is 11.3 Å². The molecule has 0 radical (unpaired) electrons. The normalized spacial score (nSPS) is 11.3. The first-order chi connectivity index (χ1) is 12.5. The van der Waals surface area contributed by atoms with E-state index in [1.807, 2.05) is 31.2 Å². The number of carbonyl (C=O) groups is 2. The van der Waals surface area contributed by atoms with Crippen molar-refractivity contribution < 1.29 is 23.8 Å². The maximum atomic E-state index is 12.1. The van der Waals surface area contributed by atoms with E-state index >= 15 is 0 Å². The Morgan fingerprint density at radius 3 is 2.42 bits per heavy atom. The number of benzene rings is 2. The molecule has 0 saturated carbocycles. The highest BCUT2D eigenvalue weighted by atomic mass is 16.5. The minimum atomic E-state index is -0.900. The van der Waals surface area contributed by atoms with Crippen LogP contribution in [0.5, 0.6) is 11.5 Å². The second-order valence-corrected chi connectivity index (χ2v) is 5.71. The lowest BCUT2D eigenvalue weighted by Crippen LogP contribution is -2.30. The van der Waals surface area contributed by atoms with E-state index in [2.05, 4.69) is 5.32 Å². The minimum Gasteiger partial charge on any atom is -0.497 e. The molecule has 6 nitrogen and oxygen atoms in total. The Balaban J connectivity index is 1.74. The number of carbonyl (C=O) groups excluding carboxylic acids is 2. The fourth-order valence-corrected chi connectivity index (χ4v) is 2.19. The first-order valence-electron chi connectivity index (χ1n) is 8.32. The van der Waals surface area contributed by atoms with E-state index in [0.29, 0.717) is 11.4 Å². The highest BCUT2D eigenvalue weighted by Crippen LogP contribution is 2.17. The van der Waals surface area contributed by atoms with E-state index in [9.17, 15) is 9.59 Å². The van der Waals surface area contributed by atoms with Crippen molar-refractivity contribution in [2.75, 3.05) is 19.0 Å². The van der Waals surface area contributed by atoms with Crippen molar-refractivity contribution in [2.45, 2.75) is 26.4 Å². The van der Waals surface area contributed by atoms with Crippen molar-refractivity contribution in [3.8, 4) is 11.5 Å². The number of para-hydroxylation sites is 1. The number of esters is 1. The van der Waals surface area contributed by atoms with Gasteiger partial charge in [-0.3, -0.25) is 9.59 Å². The molecule has 1 atom stereocenters. The Morgan fingerprint density at radius 2 is 1.77 bits per heavy atom. The van der Waals surface area contributed by atoms with E-state index in [1.165, 1.54) is 6.92 Å². The van der Waals surface area contributed by atoms with Crippen molar-refractivity contribution in [3.63, 3.8) is 0 Å². The maximum Gasteiger partial charge on any atom is 0.310 e. The van der Waals surface area contributed by atoms with Gasteiger partial charge in [-0.25, -0.2) is 0 Å². The number of anilines is 1. The van der Waals surface area contributed by atoms with Crippen LogP contribution in [0.3, 0.4) is 0 Å².